The molecule has 6 nitrogen and oxygen atoms in total. The summed E-state index contributed by atoms with van der Waals surface area (Å²) in [6.45, 7) is 1.62. The van der Waals surface area contributed by atoms with Gasteiger partial charge in [0.25, 0.3) is 0 Å². The molecule has 1 aliphatic rings. The van der Waals surface area contributed by atoms with Gasteiger partial charge in [-0.1, -0.05) is 12.1 Å². The van der Waals surface area contributed by atoms with Crippen molar-refractivity contribution in [3.05, 3.63) is 94.8 Å². The van der Waals surface area contributed by atoms with Gasteiger partial charge in [0.1, 0.15) is 11.6 Å². The Bertz CT molecular complexity index is 1420. The molecule has 0 radical (unpaired) electrons. The number of rotatable bonds is 5. The molecule has 0 amide bonds. The predicted octanol–water partition coefficient (Wildman–Crippen LogP) is 6.40. The van der Waals surface area contributed by atoms with Crippen molar-refractivity contribution < 1.29 is 35.5 Å². The Morgan fingerprint density at radius 1 is 0.897 bits per heavy atom. The Morgan fingerprint density at radius 2 is 1.51 bits per heavy atom. The van der Waals surface area contributed by atoms with Crippen molar-refractivity contribution in [3.8, 4) is 11.6 Å². The zero-order valence-corrected chi connectivity index (χ0v) is 20.2. The van der Waals surface area contributed by atoms with Crippen LogP contribution < -0.4 is 0 Å². The highest BCUT2D eigenvalue weighted by molar-refractivity contribution is 5.44. The zero-order valence-electron chi connectivity index (χ0n) is 20.2. The van der Waals surface area contributed by atoms with Crippen molar-refractivity contribution in [2.45, 2.75) is 50.4 Å². The molecule has 39 heavy (non-hydrogen) atoms. The van der Waals surface area contributed by atoms with Crippen LogP contribution in [-0.2, 0) is 30.1 Å². The third-order valence-corrected chi connectivity index (χ3v) is 6.56. The summed E-state index contributed by atoms with van der Waals surface area (Å²) in [6, 6.07) is 8.67. The fourth-order valence-electron chi connectivity index (χ4n) is 4.62. The van der Waals surface area contributed by atoms with E-state index in [1.54, 1.807) is 35.2 Å². The molecule has 5 rings (SSSR count). The highest BCUT2D eigenvalue weighted by atomic mass is 19.4. The lowest BCUT2D eigenvalue weighted by Gasteiger charge is -2.35. The zero-order chi connectivity index (χ0) is 27.9. The maximum absolute atomic E-state index is 13.7. The van der Waals surface area contributed by atoms with Crippen LogP contribution in [0.4, 0.5) is 30.7 Å². The molecule has 0 spiro atoms. The number of aromatic nitrogens is 5. The van der Waals surface area contributed by atoms with Gasteiger partial charge < -0.3 is 9.30 Å². The molecule has 0 saturated heterocycles. The quantitative estimate of drug-likeness (QED) is 0.269. The molecule has 2 aromatic carbocycles. The number of benzene rings is 2. The second-order valence-corrected chi connectivity index (χ2v) is 9.14. The van der Waals surface area contributed by atoms with Crippen LogP contribution in [0.5, 0.6) is 0 Å². The van der Waals surface area contributed by atoms with Gasteiger partial charge in [-0.05, 0) is 54.4 Å². The Labute approximate surface area is 217 Å². The second kappa shape index (κ2) is 10.0. The summed E-state index contributed by atoms with van der Waals surface area (Å²) in [7, 11) is 0. The number of alkyl halides is 6. The van der Waals surface area contributed by atoms with Gasteiger partial charge in [-0.25, -0.2) is 14.4 Å². The fraction of sp³-hybridized carbons (Fsp3) is 0.308. The third kappa shape index (κ3) is 5.63. The van der Waals surface area contributed by atoms with Gasteiger partial charge in [-0.3, -0.25) is 0 Å². The SMILES string of the molecule is C[C@@H](O[C@H]1Cc2nnc(-c3ncccn3)n2C[C@@H]1c1ccc(F)cc1)c1cc(C(F)(F)F)cc(C(F)(F)F)c1. The van der Waals surface area contributed by atoms with E-state index in [0.717, 1.165) is 0 Å². The highest BCUT2D eigenvalue weighted by Crippen LogP contribution is 2.40. The van der Waals surface area contributed by atoms with E-state index >= 15 is 0 Å². The van der Waals surface area contributed by atoms with Crippen LogP contribution in [0.3, 0.4) is 0 Å². The molecule has 2 aromatic heterocycles. The first-order chi connectivity index (χ1) is 18.4. The summed E-state index contributed by atoms with van der Waals surface area (Å²) >= 11 is 0. The molecule has 4 aromatic rings. The summed E-state index contributed by atoms with van der Waals surface area (Å²) < 4.78 is 102. The average molecular weight is 551 g/mol. The smallest absolute Gasteiger partial charge is 0.369 e. The van der Waals surface area contributed by atoms with E-state index in [2.05, 4.69) is 20.2 Å². The summed E-state index contributed by atoms with van der Waals surface area (Å²) in [5.74, 6) is 0.259. The first kappa shape index (κ1) is 26.7. The van der Waals surface area contributed by atoms with E-state index in [-0.39, 0.29) is 24.6 Å². The standard InChI is InChI=1S/C26H20F7N5O/c1-14(16-9-17(25(28,29)30)11-18(10-16)26(31,32)33)39-21-12-22-36-37-24(23-34-7-2-8-35-23)38(22)13-20(21)15-3-5-19(27)6-4-15/h2-11,14,20-21H,12-13H2,1H3/t14-,20-,21+/m1/s1. The van der Waals surface area contributed by atoms with Gasteiger partial charge in [0.05, 0.1) is 23.3 Å². The molecule has 0 unspecified atom stereocenters. The van der Waals surface area contributed by atoms with Crippen LogP contribution in [0.25, 0.3) is 11.6 Å². The van der Waals surface area contributed by atoms with E-state index in [9.17, 15) is 30.7 Å². The minimum Gasteiger partial charge on any atom is -0.369 e. The number of fused-ring (bicyclic) bond motifs is 1. The lowest BCUT2D eigenvalue weighted by Crippen LogP contribution is -2.35. The number of ether oxygens (including phenoxy) is 1. The molecule has 3 heterocycles. The van der Waals surface area contributed by atoms with Crippen LogP contribution in [0.2, 0.25) is 0 Å². The lowest BCUT2D eigenvalue weighted by molar-refractivity contribution is -0.143. The molecule has 0 aliphatic carbocycles. The molecule has 13 heteroatoms. The van der Waals surface area contributed by atoms with Gasteiger partial charge >= 0.3 is 12.4 Å². The van der Waals surface area contributed by atoms with E-state index in [1.807, 2.05) is 0 Å². The first-order valence-electron chi connectivity index (χ1n) is 11.8. The maximum Gasteiger partial charge on any atom is 0.416 e. The van der Waals surface area contributed by atoms with E-state index in [4.69, 9.17) is 4.74 Å². The van der Waals surface area contributed by atoms with Crippen molar-refractivity contribution in [1.82, 2.24) is 24.7 Å². The topological polar surface area (TPSA) is 65.7 Å². The van der Waals surface area contributed by atoms with E-state index in [0.29, 0.717) is 35.2 Å². The largest absolute Gasteiger partial charge is 0.416 e. The minimum absolute atomic E-state index is 0.0772. The normalized spacial score (nSPS) is 18.6. The number of hydrogen-bond acceptors (Lipinski definition) is 5. The highest BCUT2D eigenvalue weighted by Gasteiger charge is 2.39. The molecule has 0 fully saturated rings. The lowest BCUT2D eigenvalue weighted by atomic mass is 9.88. The molecular weight excluding hydrogens is 531 g/mol. The minimum atomic E-state index is -4.98. The summed E-state index contributed by atoms with van der Waals surface area (Å²) in [4.78, 5) is 8.41. The maximum atomic E-state index is 13.7. The predicted molar refractivity (Wildman–Crippen MR) is 124 cm³/mol. The Kier molecular flexibility index (Phi) is 6.87. The van der Waals surface area contributed by atoms with Gasteiger partial charge in [0, 0.05) is 31.3 Å². The molecule has 0 saturated carbocycles. The molecule has 3 atom stereocenters. The average Bonchev–Trinajstić information content (AvgIpc) is 3.31. The number of hydrogen-bond donors (Lipinski definition) is 0. The molecule has 0 N–H and O–H groups in total. The Morgan fingerprint density at radius 3 is 2.10 bits per heavy atom. The van der Waals surface area contributed by atoms with Crippen LogP contribution in [0, 0.1) is 5.82 Å². The van der Waals surface area contributed by atoms with Crippen LogP contribution in [-0.4, -0.2) is 30.8 Å². The summed E-state index contributed by atoms with van der Waals surface area (Å²) in [5.41, 5.74) is -2.46. The second-order valence-electron chi connectivity index (χ2n) is 9.14. The monoisotopic (exact) mass is 551 g/mol. The van der Waals surface area contributed by atoms with Gasteiger partial charge in [-0.15, -0.1) is 10.2 Å². The first-order valence-corrected chi connectivity index (χ1v) is 11.8. The van der Waals surface area contributed by atoms with E-state index < -0.39 is 47.4 Å². The summed E-state index contributed by atoms with van der Waals surface area (Å²) in [6.07, 6.45) is -8.61. The Balaban J connectivity index is 1.51. The molecule has 204 valence electrons. The third-order valence-electron chi connectivity index (χ3n) is 6.56. The van der Waals surface area contributed by atoms with Crippen LogP contribution in [0.1, 0.15) is 47.0 Å². The van der Waals surface area contributed by atoms with Crippen molar-refractivity contribution in [2.75, 3.05) is 0 Å². The fourth-order valence-corrected chi connectivity index (χ4v) is 4.62. The van der Waals surface area contributed by atoms with Gasteiger partial charge in [-0.2, -0.15) is 26.3 Å². The molecule has 1 aliphatic heterocycles. The number of halogens is 7. The van der Waals surface area contributed by atoms with Crippen molar-refractivity contribution in [2.24, 2.45) is 0 Å². The van der Waals surface area contributed by atoms with Crippen molar-refractivity contribution in [1.29, 1.82) is 0 Å². The van der Waals surface area contributed by atoms with Gasteiger partial charge in [0.2, 0.25) is 5.82 Å². The van der Waals surface area contributed by atoms with Crippen molar-refractivity contribution >= 4 is 0 Å². The van der Waals surface area contributed by atoms with E-state index in [1.165, 1.54) is 19.1 Å². The molecule has 0 bridgehead atoms. The van der Waals surface area contributed by atoms with Crippen LogP contribution >= 0.6 is 0 Å². The Hall–Kier alpha value is -3.87. The number of nitrogens with zero attached hydrogens (tertiary/aromatic N) is 5. The van der Waals surface area contributed by atoms with Crippen molar-refractivity contribution in [3.63, 3.8) is 0 Å². The summed E-state index contributed by atoms with van der Waals surface area (Å²) in [5, 5.41) is 8.38. The van der Waals surface area contributed by atoms with Crippen LogP contribution in [0.15, 0.2) is 60.9 Å². The molecular formula is C26H20F7N5O. The van der Waals surface area contributed by atoms with Gasteiger partial charge in [0.15, 0.2) is 5.82 Å².